The first-order valence-corrected chi connectivity index (χ1v) is 28.2. The molecule has 446 valence electrons. The first-order valence-electron chi connectivity index (χ1n) is 28.2. The molecule has 0 radical (unpaired) electrons. The highest BCUT2D eigenvalue weighted by molar-refractivity contribution is 5.98. The number of nitrogens with one attached hydrogen (secondary N) is 5. The molecule has 6 rings (SSSR count). The van der Waals surface area contributed by atoms with Gasteiger partial charge in [-0.3, -0.25) is 53.1 Å². The Labute approximate surface area is 476 Å². The second-order valence-corrected chi connectivity index (χ2v) is 21.0. The number of aliphatic imine (C=N–C) groups is 2. The van der Waals surface area contributed by atoms with Crippen LogP contribution in [0.2, 0.25) is 0 Å². The summed E-state index contributed by atoms with van der Waals surface area (Å²) in [6, 6.07) is 8.50. The van der Waals surface area contributed by atoms with Crippen LogP contribution in [0, 0.1) is 0 Å². The fourth-order valence-corrected chi connectivity index (χ4v) is 10.9. The maximum absolute atomic E-state index is 15.0. The molecule has 4 fully saturated rings. The van der Waals surface area contributed by atoms with Gasteiger partial charge in [0.2, 0.25) is 53.2 Å². The maximum atomic E-state index is 15.0. The molecule has 4 aliphatic heterocycles. The van der Waals surface area contributed by atoms with E-state index < -0.39 is 108 Å². The summed E-state index contributed by atoms with van der Waals surface area (Å²) in [6.45, 7) is 0.505. The Balaban J connectivity index is 1.16. The van der Waals surface area contributed by atoms with Crippen molar-refractivity contribution in [3.05, 3.63) is 71.8 Å². The molecule has 8 atom stereocenters. The molecule has 2 aromatic carbocycles. The van der Waals surface area contributed by atoms with E-state index in [4.69, 9.17) is 28.7 Å². The number of carbonyl (C=O) groups excluding carboxylic acids is 9. The zero-order chi connectivity index (χ0) is 59.3. The molecule has 0 saturated carbocycles. The molecule has 82 heavy (non-hydrogen) atoms. The summed E-state index contributed by atoms with van der Waals surface area (Å²) >= 11 is 0. The maximum Gasteiger partial charge on any atom is 0.326 e. The average Bonchev–Trinajstić information content (AvgIpc) is 4.30. The number of nitrogens with two attached hydrogens (primary N) is 5. The van der Waals surface area contributed by atoms with Crippen molar-refractivity contribution in [1.82, 2.24) is 46.2 Å². The number of carboxylic acid groups (broad SMARTS) is 1. The van der Waals surface area contributed by atoms with Gasteiger partial charge in [-0.2, -0.15) is 0 Å². The number of rotatable bonds is 24. The van der Waals surface area contributed by atoms with E-state index in [9.17, 15) is 48.3 Å². The first kappa shape index (κ1) is 62.8. The number of guanidine groups is 2. The van der Waals surface area contributed by atoms with Crippen molar-refractivity contribution in [2.45, 2.75) is 145 Å². The number of carbonyl (C=O) groups is 10. The minimum atomic E-state index is -1.38. The van der Waals surface area contributed by atoms with Crippen LogP contribution in [0.5, 0.6) is 0 Å². The molecular weight excluding hydrogens is 1060 g/mol. The van der Waals surface area contributed by atoms with Crippen LogP contribution >= 0.6 is 0 Å². The monoisotopic (exact) mass is 1140 g/mol. The predicted octanol–water partition coefficient (Wildman–Crippen LogP) is -2.97. The summed E-state index contributed by atoms with van der Waals surface area (Å²) < 4.78 is 0. The molecule has 9 amide bonds. The van der Waals surface area contributed by atoms with Crippen molar-refractivity contribution in [2.24, 2.45) is 38.7 Å². The van der Waals surface area contributed by atoms with E-state index in [1.807, 2.05) is 0 Å². The smallest absolute Gasteiger partial charge is 0.326 e. The van der Waals surface area contributed by atoms with Gasteiger partial charge in [-0.25, -0.2) is 4.79 Å². The number of amides is 9. The Kier molecular flexibility index (Phi) is 23.8. The van der Waals surface area contributed by atoms with Gasteiger partial charge in [0, 0.05) is 65.1 Å². The molecule has 0 aliphatic carbocycles. The van der Waals surface area contributed by atoms with E-state index >= 15 is 4.79 Å². The molecule has 4 heterocycles. The van der Waals surface area contributed by atoms with E-state index in [0.717, 1.165) is 0 Å². The third-order valence-corrected chi connectivity index (χ3v) is 15.1. The quantitative estimate of drug-likeness (QED) is 0.0284. The second-order valence-electron chi connectivity index (χ2n) is 21.0. The van der Waals surface area contributed by atoms with Gasteiger partial charge in [0.05, 0.1) is 12.6 Å². The number of benzene rings is 2. The van der Waals surface area contributed by atoms with Crippen molar-refractivity contribution in [2.75, 3.05) is 52.4 Å². The number of hydrogen-bond donors (Lipinski definition) is 11. The first-order chi connectivity index (χ1) is 39.3. The Morgan fingerprint density at radius 2 is 1.28 bits per heavy atom. The molecule has 27 nitrogen and oxygen atoms in total. The summed E-state index contributed by atoms with van der Waals surface area (Å²) in [5.41, 5.74) is 29.2. The van der Waals surface area contributed by atoms with Crippen molar-refractivity contribution in [1.29, 1.82) is 0 Å². The fraction of sp³-hybridized carbons (Fsp3) is 0.564. The van der Waals surface area contributed by atoms with Crippen LogP contribution in [0.3, 0.4) is 0 Å². The number of nitrogens with zero attached hydrogens (tertiary/aromatic N) is 6. The molecule has 0 bridgehead atoms. The lowest BCUT2D eigenvalue weighted by Crippen LogP contribution is -2.60. The van der Waals surface area contributed by atoms with Crippen molar-refractivity contribution in [3.8, 4) is 0 Å². The lowest BCUT2D eigenvalue weighted by molar-refractivity contribution is -0.150. The van der Waals surface area contributed by atoms with Crippen LogP contribution in [-0.2, 0) is 60.8 Å². The summed E-state index contributed by atoms with van der Waals surface area (Å²) in [4.78, 5) is 153. The Morgan fingerprint density at radius 3 is 1.93 bits per heavy atom. The summed E-state index contributed by atoms with van der Waals surface area (Å²) in [5, 5.41) is 23.6. The largest absolute Gasteiger partial charge is 0.480 e. The van der Waals surface area contributed by atoms with Crippen molar-refractivity contribution < 1.29 is 53.1 Å². The second kappa shape index (κ2) is 31.0. The number of carboxylic acids is 1. The van der Waals surface area contributed by atoms with E-state index in [0.29, 0.717) is 69.2 Å². The average molecular weight is 1140 g/mol. The lowest BCUT2D eigenvalue weighted by atomic mass is 10.0. The van der Waals surface area contributed by atoms with Gasteiger partial charge in [-0.1, -0.05) is 60.7 Å². The predicted molar refractivity (Wildman–Crippen MR) is 301 cm³/mol. The number of fused-ring (bicyclic) bond motifs is 1. The molecule has 16 N–H and O–H groups in total. The minimum absolute atomic E-state index is 0.0223. The molecule has 2 aromatic rings. The highest BCUT2D eigenvalue weighted by atomic mass is 16.4. The standard InChI is InChI=1S/C55H80N16O11/c56-36(17-7-24-62-54(57)58)49(77)69-28-10-20-41(69)51(79)68-27-9-19-40(68)47(75)64-33-45(73)65-39(31-34-13-3-1-4-14-34)46(74)66-37-22-23-44(72)61-26-12-30-71(52(80)42-21-11-29-70(42)50(37)78)43(32-35-15-5-2-6-16-35)48(76)67-38(53(81)82)18-8-25-63-55(59)60/h1-6,13-16,36-43H,7-12,17-33,56H2,(H,61,72)(H,64,75)(H,65,73)(H,66,74)(H,67,76)(H,81,82)(H4,57,58,62)(H4,59,60,63)/t36-,37-,38-,39-,40-,41-,42-,43-/m0/s1. The molecule has 0 spiro atoms. The highest BCUT2D eigenvalue weighted by Gasteiger charge is 2.45. The highest BCUT2D eigenvalue weighted by Crippen LogP contribution is 2.27. The van der Waals surface area contributed by atoms with Gasteiger partial charge in [0.1, 0.15) is 42.3 Å². The van der Waals surface area contributed by atoms with Gasteiger partial charge in [-0.05, 0) is 88.2 Å². The van der Waals surface area contributed by atoms with Gasteiger partial charge in [0.25, 0.3) is 0 Å². The minimum Gasteiger partial charge on any atom is -0.480 e. The van der Waals surface area contributed by atoms with Crippen LogP contribution in [0.15, 0.2) is 70.6 Å². The third kappa shape index (κ3) is 18.1. The SMILES string of the molecule is NC(N)=NCCC[C@H](NC(=O)[C@H](Cc1ccccc1)N1CCCNC(=O)CC[C@H](NC(=O)[C@H](Cc2ccccc2)NC(=O)CNC(=O)[C@@H]2CCCN2C(=O)[C@@H]2CCCN2C(=O)[C@@H](N)CCCN=C(N)N)C(=O)N2CCC[C@H]2C1=O)C(=O)O. The van der Waals surface area contributed by atoms with Crippen molar-refractivity contribution in [3.63, 3.8) is 0 Å². The van der Waals surface area contributed by atoms with Gasteiger partial charge in [-0.15, -0.1) is 0 Å². The molecular formula is C55H80N16O11. The Hall–Kier alpha value is -8.36. The Bertz CT molecular complexity index is 2640. The van der Waals surface area contributed by atoms with Crippen LogP contribution in [0.1, 0.15) is 94.6 Å². The van der Waals surface area contributed by atoms with E-state index in [1.165, 1.54) is 19.6 Å². The lowest BCUT2D eigenvalue weighted by Gasteiger charge is -2.36. The van der Waals surface area contributed by atoms with Crippen LogP contribution in [0.25, 0.3) is 0 Å². The van der Waals surface area contributed by atoms with Gasteiger partial charge < -0.3 is 80.0 Å². The number of hydrogen-bond acceptors (Lipinski definition) is 13. The van der Waals surface area contributed by atoms with Crippen LogP contribution in [-0.4, -0.2) is 196 Å². The Morgan fingerprint density at radius 1 is 0.671 bits per heavy atom. The molecule has 0 unspecified atom stereocenters. The van der Waals surface area contributed by atoms with Crippen LogP contribution in [0.4, 0.5) is 0 Å². The summed E-state index contributed by atoms with van der Waals surface area (Å²) in [6.07, 6.45) is 2.99. The zero-order valence-corrected chi connectivity index (χ0v) is 46.3. The van der Waals surface area contributed by atoms with E-state index in [2.05, 4.69) is 36.6 Å². The fourth-order valence-electron chi connectivity index (χ4n) is 10.9. The molecule has 0 aromatic heterocycles. The number of likely N-dealkylation sites (tertiary alicyclic amines) is 2. The zero-order valence-electron chi connectivity index (χ0n) is 46.3. The topological polar surface area (TPSA) is 419 Å². The molecule has 4 saturated heterocycles. The summed E-state index contributed by atoms with van der Waals surface area (Å²) in [5.74, 6) is -6.96. The van der Waals surface area contributed by atoms with E-state index in [-0.39, 0.29) is 102 Å². The molecule has 27 heteroatoms. The van der Waals surface area contributed by atoms with Gasteiger partial charge in [0.15, 0.2) is 11.9 Å². The van der Waals surface area contributed by atoms with Gasteiger partial charge >= 0.3 is 5.97 Å². The van der Waals surface area contributed by atoms with Crippen molar-refractivity contribution >= 4 is 71.1 Å². The van der Waals surface area contributed by atoms with Crippen LogP contribution < -0.4 is 55.3 Å². The summed E-state index contributed by atoms with van der Waals surface area (Å²) in [7, 11) is 0. The van der Waals surface area contributed by atoms with E-state index in [1.54, 1.807) is 60.7 Å². The normalized spacial score (nSPS) is 21.0. The molecule has 4 aliphatic rings. The number of aliphatic carboxylic acids is 1. The third-order valence-electron chi connectivity index (χ3n) is 15.1.